The van der Waals surface area contributed by atoms with Gasteiger partial charge in [0, 0.05) is 12.3 Å². The predicted octanol–water partition coefficient (Wildman–Crippen LogP) is 3.28. The Balaban J connectivity index is 2.81. The van der Waals surface area contributed by atoms with Crippen LogP contribution >= 0.6 is 0 Å². The van der Waals surface area contributed by atoms with Crippen LogP contribution in [0.5, 0.6) is 5.75 Å². The lowest BCUT2D eigenvalue weighted by molar-refractivity contribution is -0.384. The molecule has 2 N–H and O–H groups in total. The molecule has 0 aromatic heterocycles. The zero-order valence-corrected chi connectivity index (χ0v) is 12.5. The van der Waals surface area contributed by atoms with Crippen molar-refractivity contribution in [3.8, 4) is 5.75 Å². The van der Waals surface area contributed by atoms with Gasteiger partial charge < -0.3 is 15.4 Å². The van der Waals surface area contributed by atoms with Gasteiger partial charge in [-0.3, -0.25) is 10.1 Å². The molecule has 7 heteroatoms. The molecule has 0 heterocycles. The monoisotopic (exact) mass is 293 g/mol. The van der Waals surface area contributed by atoms with Crippen LogP contribution in [0.15, 0.2) is 30.0 Å². The van der Waals surface area contributed by atoms with Crippen molar-refractivity contribution in [1.29, 1.82) is 0 Å². The highest BCUT2D eigenvalue weighted by Gasteiger charge is 2.12. The summed E-state index contributed by atoms with van der Waals surface area (Å²) in [5.41, 5.74) is 1.28. The van der Waals surface area contributed by atoms with Crippen LogP contribution in [0.3, 0.4) is 0 Å². The number of nitrogens with one attached hydrogen (secondary N) is 2. The van der Waals surface area contributed by atoms with Crippen molar-refractivity contribution < 1.29 is 14.5 Å². The summed E-state index contributed by atoms with van der Waals surface area (Å²) in [5, 5.41) is 15.9. The average molecular weight is 293 g/mol. The summed E-state index contributed by atoms with van der Waals surface area (Å²) in [4.78, 5) is 21.9. The predicted molar refractivity (Wildman–Crippen MR) is 80.4 cm³/mol. The van der Waals surface area contributed by atoms with E-state index in [-0.39, 0.29) is 11.4 Å². The standard InChI is InChI=1S/C14H19N3O4/c1-9(2)10(3)8-15-14(18)16-12-6-5-11(17(19)20)7-13(12)21-4/h5-9H,1-4H3,(H2,15,16,18)/b10-8+. The fourth-order valence-electron chi connectivity index (χ4n) is 1.40. The SMILES string of the molecule is COc1cc([N+](=O)[O-])ccc1NC(=O)N/C=C(\C)C(C)C. The number of benzene rings is 1. The number of allylic oxidation sites excluding steroid dienone is 1. The number of carbonyl (C=O) groups excluding carboxylic acids is 1. The van der Waals surface area contributed by atoms with E-state index in [2.05, 4.69) is 10.6 Å². The Morgan fingerprint density at radius 1 is 1.43 bits per heavy atom. The number of rotatable bonds is 5. The van der Waals surface area contributed by atoms with Gasteiger partial charge in [-0.05, 0) is 18.9 Å². The summed E-state index contributed by atoms with van der Waals surface area (Å²) in [6, 6.07) is 3.54. The van der Waals surface area contributed by atoms with Crippen LogP contribution in [0.1, 0.15) is 20.8 Å². The molecule has 0 aliphatic heterocycles. The molecule has 0 bridgehead atoms. The van der Waals surface area contributed by atoms with Crippen LogP contribution in [0.25, 0.3) is 0 Å². The molecule has 0 spiro atoms. The number of hydrogen-bond acceptors (Lipinski definition) is 4. The molecule has 0 aliphatic carbocycles. The minimum atomic E-state index is -0.527. The summed E-state index contributed by atoms with van der Waals surface area (Å²) in [6.45, 7) is 5.95. The molecule has 0 radical (unpaired) electrons. The van der Waals surface area contributed by atoms with Gasteiger partial charge in [0.2, 0.25) is 0 Å². The number of anilines is 1. The number of ether oxygens (including phenoxy) is 1. The molecule has 7 nitrogen and oxygen atoms in total. The molecule has 0 saturated carbocycles. The summed E-state index contributed by atoms with van der Waals surface area (Å²) in [7, 11) is 1.38. The van der Waals surface area contributed by atoms with E-state index >= 15 is 0 Å². The highest BCUT2D eigenvalue weighted by Crippen LogP contribution is 2.28. The Hall–Kier alpha value is -2.57. The molecule has 1 rings (SSSR count). The van der Waals surface area contributed by atoms with E-state index in [9.17, 15) is 14.9 Å². The van der Waals surface area contributed by atoms with E-state index in [0.29, 0.717) is 11.6 Å². The maximum absolute atomic E-state index is 11.8. The van der Waals surface area contributed by atoms with Gasteiger partial charge in [-0.1, -0.05) is 19.4 Å². The zero-order chi connectivity index (χ0) is 16.0. The zero-order valence-electron chi connectivity index (χ0n) is 12.5. The van der Waals surface area contributed by atoms with Crippen LogP contribution in [0.4, 0.5) is 16.2 Å². The molecule has 21 heavy (non-hydrogen) atoms. The first-order chi connectivity index (χ1) is 9.85. The number of non-ortho nitro benzene ring substituents is 1. The van der Waals surface area contributed by atoms with Gasteiger partial charge in [0.15, 0.2) is 0 Å². The molecule has 1 aromatic carbocycles. The van der Waals surface area contributed by atoms with Crippen molar-refractivity contribution in [3.05, 3.63) is 40.1 Å². The molecule has 0 unspecified atom stereocenters. The first-order valence-electron chi connectivity index (χ1n) is 6.41. The molecule has 1 aromatic rings. The van der Waals surface area contributed by atoms with Crippen molar-refractivity contribution >= 4 is 17.4 Å². The number of methoxy groups -OCH3 is 1. The molecule has 0 aliphatic rings. The fraction of sp³-hybridized carbons (Fsp3) is 0.357. The van der Waals surface area contributed by atoms with Crippen LogP contribution in [-0.4, -0.2) is 18.1 Å². The number of nitro benzene ring substituents is 1. The summed E-state index contributed by atoms with van der Waals surface area (Å²) in [5.74, 6) is 0.558. The van der Waals surface area contributed by atoms with Crippen molar-refractivity contribution in [2.24, 2.45) is 5.92 Å². The van der Waals surface area contributed by atoms with E-state index in [1.807, 2.05) is 20.8 Å². The molecule has 2 amide bonds. The highest BCUT2D eigenvalue weighted by molar-refractivity contribution is 5.91. The van der Waals surface area contributed by atoms with Crippen molar-refractivity contribution in [2.45, 2.75) is 20.8 Å². The van der Waals surface area contributed by atoms with Gasteiger partial charge in [0.25, 0.3) is 5.69 Å². The maximum Gasteiger partial charge on any atom is 0.323 e. The fourth-order valence-corrected chi connectivity index (χ4v) is 1.40. The first kappa shape index (κ1) is 16.5. The molecular formula is C14H19N3O4. The topological polar surface area (TPSA) is 93.5 Å². The minimum Gasteiger partial charge on any atom is -0.494 e. The third-order valence-electron chi connectivity index (χ3n) is 2.99. The summed E-state index contributed by atoms with van der Waals surface area (Å²) >= 11 is 0. The molecule has 0 atom stereocenters. The molecule has 0 saturated heterocycles. The molecule has 114 valence electrons. The Kier molecular flexibility index (Phi) is 5.71. The Morgan fingerprint density at radius 3 is 2.62 bits per heavy atom. The third kappa shape index (κ3) is 4.79. The maximum atomic E-state index is 11.8. The molecule has 0 fully saturated rings. The largest absolute Gasteiger partial charge is 0.494 e. The number of urea groups is 1. The second-order valence-corrected chi connectivity index (χ2v) is 4.78. The quantitative estimate of drug-likeness (QED) is 0.643. The van der Waals surface area contributed by atoms with Crippen LogP contribution in [0.2, 0.25) is 0 Å². The normalized spacial score (nSPS) is 11.2. The van der Waals surface area contributed by atoms with Crippen LogP contribution in [0, 0.1) is 16.0 Å². The van der Waals surface area contributed by atoms with Gasteiger partial charge in [0.05, 0.1) is 23.8 Å². The van der Waals surface area contributed by atoms with E-state index in [1.165, 1.54) is 25.3 Å². The first-order valence-corrected chi connectivity index (χ1v) is 6.41. The second-order valence-electron chi connectivity index (χ2n) is 4.78. The van der Waals surface area contributed by atoms with E-state index < -0.39 is 11.0 Å². The number of nitrogens with zero attached hydrogens (tertiary/aromatic N) is 1. The van der Waals surface area contributed by atoms with Gasteiger partial charge in [-0.15, -0.1) is 0 Å². The number of amides is 2. The number of nitro groups is 1. The van der Waals surface area contributed by atoms with Crippen LogP contribution in [-0.2, 0) is 0 Å². The highest BCUT2D eigenvalue weighted by atomic mass is 16.6. The van der Waals surface area contributed by atoms with E-state index in [1.54, 1.807) is 6.20 Å². The lowest BCUT2D eigenvalue weighted by atomic mass is 10.1. The average Bonchev–Trinajstić information content (AvgIpc) is 2.44. The van der Waals surface area contributed by atoms with E-state index in [4.69, 9.17) is 4.74 Å². The minimum absolute atomic E-state index is 0.103. The molecular weight excluding hydrogens is 274 g/mol. The Labute approximate surface area is 123 Å². The smallest absolute Gasteiger partial charge is 0.323 e. The van der Waals surface area contributed by atoms with Gasteiger partial charge in [-0.2, -0.15) is 0 Å². The van der Waals surface area contributed by atoms with Crippen LogP contribution < -0.4 is 15.4 Å². The van der Waals surface area contributed by atoms with Crippen molar-refractivity contribution in [1.82, 2.24) is 5.32 Å². The van der Waals surface area contributed by atoms with E-state index in [0.717, 1.165) is 5.57 Å². The summed E-state index contributed by atoms with van der Waals surface area (Å²) in [6.07, 6.45) is 1.62. The van der Waals surface area contributed by atoms with Crippen molar-refractivity contribution in [2.75, 3.05) is 12.4 Å². The van der Waals surface area contributed by atoms with Gasteiger partial charge >= 0.3 is 6.03 Å². The Morgan fingerprint density at radius 2 is 2.10 bits per heavy atom. The lowest BCUT2D eigenvalue weighted by Gasteiger charge is -2.10. The van der Waals surface area contributed by atoms with Gasteiger partial charge in [-0.25, -0.2) is 4.79 Å². The number of carbonyl (C=O) groups is 1. The third-order valence-corrected chi connectivity index (χ3v) is 2.99. The van der Waals surface area contributed by atoms with Crippen molar-refractivity contribution in [3.63, 3.8) is 0 Å². The van der Waals surface area contributed by atoms with Gasteiger partial charge in [0.1, 0.15) is 5.75 Å². The second kappa shape index (κ2) is 7.28. The lowest BCUT2D eigenvalue weighted by Crippen LogP contribution is -2.24. The summed E-state index contributed by atoms with van der Waals surface area (Å²) < 4.78 is 5.04. The number of hydrogen-bond donors (Lipinski definition) is 2. The Bertz CT molecular complexity index is 567.